The first-order valence-corrected chi connectivity index (χ1v) is 8.20. The van der Waals surface area contributed by atoms with Gasteiger partial charge in [-0.25, -0.2) is 9.37 Å². The Kier molecular flexibility index (Phi) is 3.61. The van der Waals surface area contributed by atoms with Gasteiger partial charge in [-0.2, -0.15) is 0 Å². The first-order chi connectivity index (χ1) is 9.80. The average molecular weight is 354 g/mol. The molecule has 0 amide bonds. The van der Waals surface area contributed by atoms with E-state index in [2.05, 4.69) is 41.7 Å². The number of imidazole rings is 1. The van der Waals surface area contributed by atoms with E-state index < -0.39 is 0 Å². The molecule has 114 valence electrons. The first kappa shape index (κ1) is 15.0. The number of nitrogens with one attached hydrogen (secondary N) is 1. The van der Waals surface area contributed by atoms with E-state index >= 15 is 0 Å². The van der Waals surface area contributed by atoms with Crippen molar-refractivity contribution in [1.29, 1.82) is 0 Å². The lowest BCUT2D eigenvalue weighted by Crippen LogP contribution is -2.46. The van der Waals surface area contributed by atoms with Crippen LogP contribution in [0.5, 0.6) is 0 Å². The van der Waals surface area contributed by atoms with Crippen molar-refractivity contribution >= 4 is 27.0 Å². The second-order valence-electron chi connectivity index (χ2n) is 6.81. The van der Waals surface area contributed by atoms with E-state index in [0.29, 0.717) is 16.3 Å². The van der Waals surface area contributed by atoms with Gasteiger partial charge in [-0.1, -0.05) is 20.8 Å². The molecule has 1 fully saturated rings. The van der Waals surface area contributed by atoms with Crippen LogP contribution >= 0.6 is 15.9 Å². The van der Waals surface area contributed by atoms with Crippen LogP contribution < -0.4 is 5.73 Å². The molecule has 3 nitrogen and oxygen atoms in total. The minimum Gasteiger partial charge on any atom is -0.342 e. The summed E-state index contributed by atoms with van der Waals surface area (Å²) >= 11 is 3.22. The van der Waals surface area contributed by atoms with Crippen molar-refractivity contribution < 1.29 is 4.39 Å². The number of nitrogens with zero attached hydrogens (tertiary/aromatic N) is 1. The Morgan fingerprint density at radius 2 is 2.10 bits per heavy atom. The molecule has 5 heteroatoms. The number of aromatic amines is 1. The number of nitrogens with two attached hydrogens (primary N) is 1. The Bertz CT molecular complexity index is 640. The molecule has 0 spiro atoms. The highest BCUT2D eigenvalue weighted by Crippen LogP contribution is 2.49. The van der Waals surface area contributed by atoms with Crippen LogP contribution in [0.4, 0.5) is 4.39 Å². The van der Waals surface area contributed by atoms with Crippen molar-refractivity contribution in [2.24, 2.45) is 17.1 Å². The minimum absolute atomic E-state index is 0.0708. The molecule has 1 aromatic carbocycles. The lowest BCUT2D eigenvalue weighted by atomic mass is 9.61. The van der Waals surface area contributed by atoms with Crippen LogP contribution in [0.15, 0.2) is 16.6 Å². The van der Waals surface area contributed by atoms with E-state index in [1.54, 1.807) is 6.07 Å². The van der Waals surface area contributed by atoms with Crippen molar-refractivity contribution in [2.75, 3.05) is 0 Å². The van der Waals surface area contributed by atoms with Crippen molar-refractivity contribution in [3.63, 3.8) is 0 Å². The summed E-state index contributed by atoms with van der Waals surface area (Å²) in [6.45, 7) is 6.73. The number of aromatic nitrogens is 2. The summed E-state index contributed by atoms with van der Waals surface area (Å²) in [5, 5.41) is 0. The molecular formula is C16H21BrFN3. The highest BCUT2D eigenvalue weighted by molar-refractivity contribution is 9.10. The highest BCUT2D eigenvalue weighted by Gasteiger charge is 2.43. The quantitative estimate of drug-likeness (QED) is 0.801. The Hall–Kier alpha value is -0.940. The van der Waals surface area contributed by atoms with Crippen LogP contribution in [0.2, 0.25) is 0 Å². The van der Waals surface area contributed by atoms with Crippen LogP contribution in [-0.4, -0.2) is 16.0 Å². The monoisotopic (exact) mass is 353 g/mol. The third-order valence-corrected chi connectivity index (χ3v) is 5.98. The summed E-state index contributed by atoms with van der Waals surface area (Å²) in [5.41, 5.74) is 7.85. The SMILES string of the molecule is CC1C(N)CCC(c2nc3cc(Br)c(F)cc3[nH]2)C1(C)C. The molecule has 1 aliphatic carbocycles. The summed E-state index contributed by atoms with van der Waals surface area (Å²) in [6.07, 6.45) is 2.02. The van der Waals surface area contributed by atoms with Crippen LogP contribution in [0, 0.1) is 17.2 Å². The van der Waals surface area contributed by atoms with Crippen molar-refractivity contribution in [3.8, 4) is 0 Å². The molecule has 1 aliphatic rings. The average Bonchev–Trinajstić information content (AvgIpc) is 2.79. The van der Waals surface area contributed by atoms with Crippen LogP contribution in [-0.2, 0) is 0 Å². The maximum atomic E-state index is 13.7. The Balaban J connectivity index is 2.04. The topological polar surface area (TPSA) is 54.7 Å². The molecule has 3 atom stereocenters. The molecule has 3 rings (SSSR count). The van der Waals surface area contributed by atoms with Crippen LogP contribution in [0.3, 0.4) is 0 Å². The molecule has 2 aromatic rings. The molecule has 1 saturated carbocycles. The summed E-state index contributed by atoms with van der Waals surface area (Å²) in [4.78, 5) is 8.01. The van der Waals surface area contributed by atoms with Crippen molar-refractivity contribution in [2.45, 2.75) is 45.6 Å². The molecular weight excluding hydrogens is 333 g/mol. The van der Waals surface area contributed by atoms with E-state index in [1.165, 1.54) is 6.07 Å². The molecule has 3 N–H and O–H groups in total. The van der Waals surface area contributed by atoms with Gasteiger partial charge in [0.1, 0.15) is 11.6 Å². The molecule has 0 aliphatic heterocycles. The minimum atomic E-state index is -0.268. The van der Waals surface area contributed by atoms with Crippen LogP contribution in [0.25, 0.3) is 11.0 Å². The predicted octanol–water partition coefficient (Wildman–Crippen LogP) is 4.33. The number of rotatable bonds is 1. The lowest BCUT2D eigenvalue weighted by molar-refractivity contribution is 0.0954. The van der Waals surface area contributed by atoms with Gasteiger partial charge in [0.2, 0.25) is 0 Å². The molecule has 21 heavy (non-hydrogen) atoms. The fourth-order valence-electron chi connectivity index (χ4n) is 3.53. The van der Waals surface area contributed by atoms with E-state index in [-0.39, 0.29) is 17.3 Å². The lowest BCUT2D eigenvalue weighted by Gasteiger charge is -2.46. The number of hydrogen-bond acceptors (Lipinski definition) is 2. The van der Waals surface area contributed by atoms with Gasteiger partial charge in [-0.05, 0) is 46.2 Å². The number of H-pyrrole nitrogens is 1. The van der Waals surface area contributed by atoms with Gasteiger partial charge in [0.25, 0.3) is 0 Å². The number of halogens is 2. The summed E-state index contributed by atoms with van der Waals surface area (Å²) < 4.78 is 14.1. The molecule has 0 bridgehead atoms. The number of hydrogen-bond donors (Lipinski definition) is 2. The zero-order chi connectivity index (χ0) is 15.4. The highest BCUT2D eigenvalue weighted by atomic mass is 79.9. The third kappa shape index (κ3) is 2.40. The molecule has 1 heterocycles. The Morgan fingerprint density at radius 3 is 2.81 bits per heavy atom. The first-order valence-electron chi connectivity index (χ1n) is 7.41. The zero-order valence-corrected chi connectivity index (χ0v) is 14.2. The maximum absolute atomic E-state index is 13.7. The third-order valence-electron chi connectivity index (χ3n) is 5.37. The maximum Gasteiger partial charge on any atom is 0.139 e. The smallest absolute Gasteiger partial charge is 0.139 e. The second kappa shape index (κ2) is 5.06. The summed E-state index contributed by atoms with van der Waals surface area (Å²) in [6, 6.07) is 3.48. The van der Waals surface area contributed by atoms with Gasteiger partial charge in [0.05, 0.1) is 15.5 Å². The normalized spacial score (nSPS) is 29.0. The van der Waals surface area contributed by atoms with E-state index in [1.807, 2.05) is 0 Å². The Labute approximate surface area is 132 Å². The van der Waals surface area contributed by atoms with Gasteiger partial charge in [0, 0.05) is 18.0 Å². The zero-order valence-electron chi connectivity index (χ0n) is 12.6. The molecule has 0 saturated heterocycles. The second-order valence-corrected chi connectivity index (χ2v) is 7.66. The van der Waals surface area contributed by atoms with Crippen molar-refractivity contribution in [3.05, 3.63) is 28.2 Å². The number of benzene rings is 1. The summed E-state index contributed by atoms with van der Waals surface area (Å²) in [5.74, 6) is 1.43. The van der Waals surface area contributed by atoms with Gasteiger partial charge in [-0.3, -0.25) is 0 Å². The predicted molar refractivity (Wildman–Crippen MR) is 86.6 cm³/mol. The van der Waals surface area contributed by atoms with Gasteiger partial charge >= 0.3 is 0 Å². The summed E-state index contributed by atoms with van der Waals surface area (Å²) in [7, 11) is 0. The largest absolute Gasteiger partial charge is 0.342 e. The van der Waals surface area contributed by atoms with Gasteiger partial charge in [-0.15, -0.1) is 0 Å². The van der Waals surface area contributed by atoms with Gasteiger partial charge < -0.3 is 10.7 Å². The molecule has 3 unspecified atom stereocenters. The Morgan fingerprint density at radius 1 is 1.38 bits per heavy atom. The fraction of sp³-hybridized carbons (Fsp3) is 0.562. The van der Waals surface area contributed by atoms with E-state index in [4.69, 9.17) is 10.7 Å². The molecule has 1 aromatic heterocycles. The molecule has 0 radical (unpaired) electrons. The fourth-order valence-corrected chi connectivity index (χ4v) is 3.86. The van der Waals surface area contributed by atoms with E-state index in [9.17, 15) is 4.39 Å². The van der Waals surface area contributed by atoms with E-state index in [0.717, 1.165) is 29.7 Å². The number of fused-ring (bicyclic) bond motifs is 1. The standard InChI is InChI=1S/C16H21BrFN3/c1-8-12(19)5-4-9(16(8,2)3)15-20-13-6-10(17)11(18)7-14(13)21-15/h6-9,12H,4-5,19H2,1-3H3,(H,20,21). The van der Waals surface area contributed by atoms with Gasteiger partial charge in [0.15, 0.2) is 0 Å². The van der Waals surface area contributed by atoms with Crippen LogP contribution in [0.1, 0.15) is 45.4 Å². The van der Waals surface area contributed by atoms with Crippen molar-refractivity contribution in [1.82, 2.24) is 9.97 Å².